The van der Waals surface area contributed by atoms with Gasteiger partial charge in [0.1, 0.15) is 12.4 Å². The van der Waals surface area contributed by atoms with Crippen LogP contribution in [0.15, 0.2) is 71.6 Å². The number of carbonyl (C=O) groups is 1. The number of rotatable bonds is 7. The molecule has 0 spiro atoms. The fourth-order valence-electron chi connectivity index (χ4n) is 2.65. The molecule has 0 atom stereocenters. The highest BCUT2D eigenvalue weighted by Crippen LogP contribution is 2.25. The van der Waals surface area contributed by atoms with Gasteiger partial charge in [-0.15, -0.1) is 11.3 Å². The highest BCUT2D eigenvalue weighted by molar-refractivity contribution is 7.92. The molecule has 5 nitrogen and oxygen atoms in total. The van der Waals surface area contributed by atoms with Crippen LogP contribution in [0.1, 0.15) is 4.88 Å². The fraction of sp³-hybridized carbons (Fsp3) is 0.150. The first-order valence-corrected chi connectivity index (χ1v) is 11.2. The van der Waals surface area contributed by atoms with Gasteiger partial charge in [0.25, 0.3) is 10.0 Å². The Hall–Kier alpha value is -2.42. The van der Waals surface area contributed by atoms with Crippen LogP contribution in [-0.2, 0) is 21.4 Å². The monoisotopic (exact) mass is 452 g/mol. The van der Waals surface area contributed by atoms with E-state index in [2.05, 4.69) is 0 Å². The molecule has 0 fully saturated rings. The quantitative estimate of drug-likeness (QED) is 0.534. The lowest BCUT2D eigenvalue weighted by Gasteiger charge is -2.26. The Morgan fingerprint density at radius 2 is 1.69 bits per heavy atom. The summed E-state index contributed by atoms with van der Waals surface area (Å²) < 4.78 is 41.3. The second-order valence-electron chi connectivity index (χ2n) is 6.26. The van der Waals surface area contributed by atoms with Gasteiger partial charge in [-0.05, 0) is 48.5 Å². The minimum Gasteiger partial charge on any atom is -0.339 e. The highest BCUT2D eigenvalue weighted by Gasteiger charge is 2.28. The Labute approximate surface area is 178 Å². The van der Waals surface area contributed by atoms with Gasteiger partial charge in [0.15, 0.2) is 0 Å². The molecular weight excluding hydrogens is 435 g/mol. The zero-order valence-electron chi connectivity index (χ0n) is 15.5. The van der Waals surface area contributed by atoms with Crippen molar-refractivity contribution in [3.8, 4) is 0 Å². The summed E-state index contributed by atoms with van der Waals surface area (Å²) in [5.74, 6) is -0.926. The molecule has 3 rings (SSSR count). The van der Waals surface area contributed by atoms with Crippen LogP contribution in [0.5, 0.6) is 0 Å². The van der Waals surface area contributed by atoms with E-state index in [1.165, 1.54) is 28.4 Å². The molecule has 1 aromatic heterocycles. The van der Waals surface area contributed by atoms with Crippen molar-refractivity contribution in [2.24, 2.45) is 0 Å². The Morgan fingerprint density at radius 3 is 2.28 bits per heavy atom. The van der Waals surface area contributed by atoms with Gasteiger partial charge in [-0.25, -0.2) is 12.8 Å². The summed E-state index contributed by atoms with van der Waals surface area (Å²) in [5, 5.41) is 0. The third-order valence-electron chi connectivity index (χ3n) is 4.17. The molecule has 0 aliphatic heterocycles. The number of carbonyl (C=O) groups excluding carboxylic acids is 1. The summed E-state index contributed by atoms with van der Waals surface area (Å²) in [7, 11) is -2.47. The van der Waals surface area contributed by atoms with Crippen LogP contribution in [0.25, 0.3) is 0 Å². The molecule has 1 amide bonds. The molecule has 0 saturated carbocycles. The number of thiophene rings is 1. The van der Waals surface area contributed by atoms with Crippen LogP contribution < -0.4 is 4.31 Å². The van der Waals surface area contributed by atoms with Crippen LogP contribution in [0.2, 0.25) is 4.34 Å². The topological polar surface area (TPSA) is 57.7 Å². The maximum absolute atomic E-state index is 13.2. The number of halogens is 2. The second kappa shape index (κ2) is 8.94. The average Bonchev–Trinajstić information content (AvgIpc) is 3.11. The SMILES string of the molecule is CN(Cc1ccc(Cl)s1)C(=O)CN(c1ccccc1)S(=O)(=O)c1ccc(F)cc1. The van der Waals surface area contributed by atoms with E-state index in [1.54, 1.807) is 43.4 Å². The molecule has 152 valence electrons. The van der Waals surface area contributed by atoms with Gasteiger partial charge in [-0.2, -0.15) is 0 Å². The first-order valence-electron chi connectivity index (χ1n) is 8.59. The molecule has 0 bridgehead atoms. The van der Waals surface area contributed by atoms with Crippen molar-refractivity contribution in [1.82, 2.24) is 4.90 Å². The number of hydrogen-bond acceptors (Lipinski definition) is 4. The molecule has 0 unspecified atom stereocenters. The van der Waals surface area contributed by atoms with Gasteiger partial charge < -0.3 is 4.90 Å². The smallest absolute Gasteiger partial charge is 0.264 e. The molecular formula is C20H18ClFN2O3S2. The zero-order chi connectivity index (χ0) is 21.0. The predicted molar refractivity (Wildman–Crippen MR) is 113 cm³/mol. The molecule has 29 heavy (non-hydrogen) atoms. The molecule has 0 radical (unpaired) electrons. The third-order valence-corrected chi connectivity index (χ3v) is 7.18. The van der Waals surface area contributed by atoms with E-state index in [0.29, 0.717) is 16.6 Å². The number of para-hydroxylation sites is 1. The van der Waals surface area contributed by atoms with Crippen molar-refractivity contribution < 1.29 is 17.6 Å². The van der Waals surface area contributed by atoms with Crippen molar-refractivity contribution in [3.63, 3.8) is 0 Å². The van der Waals surface area contributed by atoms with Crippen LogP contribution in [0, 0.1) is 5.82 Å². The molecule has 0 N–H and O–H groups in total. The number of nitrogens with zero attached hydrogens (tertiary/aromatic N) is 2. The molecule has 9 heteroatoms. The summed E-state index contributed by atoms with van der Waals surface area (Å²) in [6, 6.07) is 16.4. The lowest BCUT2D eigenvalue weighted by Crippen LogP contribution is -2.41. The third kappa shape index (κ3) is 5.14. The highest BCUT2D eigenvalue weighted by atomic mass is 35.5. The standard InChI is InChI=1S/C20H18ClFN2O3S2/c1-23(13-17-9-12-19(21)28-17)20(25)14-24(16-5-3-2-4-6-16)29(26,27)18-10-7-15(22)8-11-18/h2-12H,13-14H2,1H3. The average molecular weight is 453 g/mol. The van der Waals surface area contributed by atoms with Crippen molar-refractivity contribution in [3.05, 3.63) is 81.8 Å². The number of likely N-dealkylation sites (N-methyl/N-ethyl adjacent to an activating group) is 1. The number of sulfonamides is 1. The Balaban J connectivity index is 1.88. The lowest BCUT2D eigenvalue weighted by atomic mass is 10.3. The van der Waals surface area contributed by atoms with E-state index in [-0.39, 0.29) is 17.3 Å². The van der Waals surface area contributed by atoms with Gasteiger partial charge in [0, 0.05) is 11.9 Å². The number of amides is 1. The normalized spacial score (nSPS) is 11.3. The Kier molecular flexibility index (Phi) is 6.56. The second-order valence-corrected chi connectivity index (χ2v) is 9.92. The van der Waals surface area contributed by atoms with Crippen LogP contribution >= 0.6 is 22.9 Å². The van der Waals surface area contributed by atoms with E-state index < -0.39 is 15.8 Å². The van der Waals surface area contributed by atoms with Gasteiger partial charge in [-0.3, -0.25) is 9.10 Å². The maximum atomic E-state index is 13.2. The number of benzene rings is 2. The van der Waals surface area contributed by atoms with E-state index in [0.717, 1.165) is 21.3 Å². The molecule has 0 saturated heterocycles. The van der Waals surface area contributed by atoms with E-state index >= 15 is 0 Å². The van der Waals surface area contributed by atoms with Crippen molar-refractivity contribution >= 4 is 44.6 Å². The van der Waals surface area contributed by atoms with Gasteiger partial charge in [0.2, 0.25) is 5.91 Å². The predicted octanol–water partition coefficient (Wildman–Crippen LogP) is 4.39. The molecule has 3 aromatic rings. The Bertz CT molecular complexity index is 1090. The van der Waals surface area contributed by atoms with Crippen molar-refractivity contribution in [2.45, 2.75) is 11.4 Å². The summed E-state index contributed by atoms with van der Waals surface area (Å²) in [6.45, 7) is -0.0746. The lowest BCUT2D eigenvalue weighted by molar-refractivity contribution is -0.128. The summed E-state index contributed by atoms with van der Waals surface area (Å²) in [6.07, 6.45) is 0. The van der Waals surface area contributed by atoms with E-state index in [1.807, 2.05) is 6.07 Å². The van der Waals surface area contributed by atoms with E-state index in [4.69, 9.17) is 11.6 Å². The zero-order valence-corrected chi connectivity index (χ0v) is 17.8. The maximum Gasteiger partial charge on any atom is 0.264 e. The van der Waals surface area contributed by atoms with Crippen LogP contribution in [0.3, 0.4) is 0 Å². The van der Waals surface area contributed by atoms with Gasteiger partial charge >= 0.3 is 0 Å². The first kappa shape index (κ1) is 21.3. The minimum absolute atomic E-state index is 0.0942. The Morgan fingerprint density at radius 1 is 1.03 bits per heavy atom. The largest absolute Gasteiger partial charge is 0.339 e. The van der Waals surface area contributed by atoms with Gasteiger partial charge in [-0.1, -0.05) is 29.8 Å². The summed E-state index contributed by atoms with van der Waals surface area (Å²) in [5.41, 5.74) is 0.345. The molecule has 2 aromatic carbocycles. The summed E-state index contributed by atoms with van der Waals surface area (Å²) in [4.78, 5) is 15.0. The van der Waals surface area contributed by atoms with Gasteiger partial charge in [0.05, 0.1) is 21.5 Å². The minimum atomic E-state index is -4.07. The van der Waals surface area contributed by atoms with Crippen molar-refractivity contribution in [2.75, 3.05) is 17.9 Å². The number of hydrogen-bond donors (Lipinski definition) is 0. The summed E-state index contributed by atoms with van der Waals surface area (Å²) >= 11 is 7.28. The van der Waals surface area contributed by atoms with Crippen LogP contribution in [0.4, 0.5) is 10.1 Å². The van der Waals surface area contributed by atoms with E-state index in [9.17, 15) is 17.6 Å². The molecule has 1 heterocycles. The molecule has 0 aliphatic carbocycles. The molecule has 0 aliphatic rings. The number of anilines is 1. The van der Waals surface area contributed by atoms with Crippen molar-refractivity contribution in [1.29, 1.82) is 0 Å². The fourth-order valence-corrected chi connectivity index (χ4v) is 5.20. The van der Waals surface area contributed by atoms with Crippen LogP contribution in [-0.4, -0.2) is 32.8 Å². The first-order chi connectivity index (χ1) is 13.8.